The molecule has 35 heavy (non-hydrogen) atoms. The molecular formula is C30H24BrNO3. The Kier molecular flexibility index (Phi) is 4.81. The van der Waals surface area contributed by atoms with Crippen LogP contribution in [0.25, 0.3) is 11.1 Å². The fourth-order valence-electron chi connectivity index (χ4n) is 7.00. The van der Waals surface area contributed by atoms with E-state index >= 15 is 0 Å². The van der Waals surface area contributed by atoms with Gasteiger partial charge in [-0.15, -0.1) is 0 Å². The second-order valence-electron chi connectivity index (χ2n) is 9.79. The molecule has 0 radical (unpaired) electrons. The van der Waals surface area contributed by atoms with Gasteiger partial charge in [0, 0.05) is 4.47 Å². The van der Waals surface area contributed by atoms with Crippen molar-refractivity contribution in [2.24, 2.45) is 22.7 Å². The second-order valence-corrected chi connectivity index (χ2v) is 10.7. The van der Waals surface area contributed by atoms with Crippen molar-refractivity contribution in [1.29, 1.82) is 0 Å². The minimum absolute atomic E-state index is 0.00389. The van der Waals surface area contributed by atoms with Crippen molar-refractivity contribution in [3.05, 3.63) is 101 Å². The standard InChI is InChI=1S/C30H24BrNO3/c1-3-30-23(19-13-8-5-9-14-19)22(18-11-6-4-7-12-18)29(2,28(30)35)24-25(30)27(34)32(26(24)33)21-16-10-15-20(31)17-21/h4-17,24-25H,3H2,1-2H3/t24-,25+,29-,30+/m0/s1. The summed E-state index contributed by atoms with van der Waals surface area (Å²) in [5.74, 6) is -2.03. The largest absolute Gasteiger partial charge is 0.298 e. The van der Waals surface area contributed by atoms with E-state index in [1.807, 2.05) is 86.6 Å². The van der Waals surface area contributed by atoms with Gasteiger partial charge in [-0.05, 0) is 53.8 Å². The molecule has 3 aromatic carbocycles. The van der Waals surface area contributed by atoms with Crippen molar-refractivity contribution < 1.29 is 14.4 Å². The first-order chi connectivity index (χ1) is 16.9. The Morgan fingerprint density at radius 1 is 0.771 bits per heavy atom. The SMILES string of the molecule is CC[C@@]12C(=O)[C@@](C)(C(c3ccccc3)=C1c1ccccc1)[C@@H]1C(=O)N(c3cccc(Br)c3)C(=O)[C@@H]12. The smallest absolute Gasteiger partial charge is 0.239 e. The maximum Gasteiger partial charge on any atom is 0.239 e. The van der Waals surface area contributed by atoms with Crippen LogP contribution in [0.3, 0.4) is 0 Å². The quantitative estimate of drug-likeness (QED) is 0.383. The third-order valence-corrected chi connectivity index (χ3v) is 8.79. The first-order valence-corrected chi connectivity index (χ1v) is 12.7. The minimum Gasteiger partial charge on any atom is -0.298 e. The number of carbonyl (C=O) groups is 3. The van der Waals surface area contributed by atoms with E-state index in [2.05, 4.69) is 15.9 Å². The molecule has 3 aliphatic rings. The third kappa shape index (κ3) is 2.65. The Labute approximate surface area is 212 Å². The Balaban J connectivity index is 1.65. The highest BCUT2D eigenvalue weighted by Gasteiger charge is 2.79. The molecule has 1 saturated heterocycles. The number of anilines is 1. The molecule has 5 heteroatoms. The fraction of sp³-hybridized carbons (Fsp3) is 0.233. The van der Waals surface area contributed by atoms with Crippen LogP contribution in [-0.4, -0.2) is 17.6 Å². The van der Waals surface area contributed by atoms with Crippen LogP contribution < -0.4 is 4.90 Å². The summed E-state index contributed by atoms with van der Waals surface area (Å²) in [7, 11) is 0. The van der Waals surface area contributed by atoms with E-state index in [0.717, 1.165) is 26.7 Å². The molecule has 1 saturated carbocycles. The molecule has 2 amide bonds. The number of carbonyl (C=O) groups excluding carboxylic acids is 3. The number of hydrogen-bond acceptors (Lipinski definition) is 3. The second kappa shape index (κ2) is 7.59. The van der Waals surface area contributed by atoms with Gasteiger partial charge in [0.2, 0.25) is 11.8 Å². The van der Waals surface area contributed by atoms with E-state index in [9.17, 15) is 14.4 Å². The van der Waals surface area contributed by atoms with Gasteiger partial charge in [0.1, 0.15) is 0 Å². The predicted octanol–water partition coefficient (Wildman–Crippen LogP) is 6.16. The van der Waals surface area contributed by atoms with Crippen LogP contribution in [0, 0.1) is 22.7 Å². The Bertz CT molecular complexity index is 1430. The predicted molar refractivity (Wildman–Crippen MR) is 139 cm³/mol. The van der Waals surface area contributed by atoms with Gasteiger partial charge in [-0.25, -0.2) is 4.90 Å². The first kappa shape index (κ1) is 22.2. The highest BCUT2D eigenvalue weighted by Crippen LogP contribution is 2.74. The lowest BCUT2D eigenvalue weighted by Crippen LogP contribution is -2.41. The summed E-state index contributed by atoms with van der Waals surface area (Å²) in [6, 6.07) is 27.0. The number of allylic oxidation sites excluding steroid dienone is 2. The van der Waals surface area contributed by atoms with E-state index in [-0.39, 0.29) is 17.6 Å². The average molecular weight is 526 g/mol. The molecule has 4 nitrogen and oxygen atoms in total. The van der Waals surface area contributed by atoms with Gasteiger partial charge in [0.05, 0.1) is 28.4 Å². The van der Waals surface area contributed by atoms with Crippen molar-refractivity contribution in [3.63, 3.8) is 0 Å². The Hall–Kier alpha value is -3.31. The number of imide groups is 1. The first-order valence-electron chi connectivity index (χ1n) is 11.9. The number of hydrogen-bond donors (Lipinski definition) is 0. The lowest BCUT2D eigenvalue weighted by atomic mass is 9.62. The topological polar surface area (TPSA) is 54.5 Å². The van der Waals surface area contributed by atoms with Crippen molar-refractivity contribution in [1.82, 2.24) is 0 Å². The molecule has 3 aromatic rings. The summed E-state index contributed by atoms with van der Waals surface area (Å²) in [5.41, 5.74) is 2.03. The molecule has 2 aliphatic carbocycles. The number of rotatable bonds is 4. The van der Waals surface area contributed by atoms with Gasteiger partial charge in [-0.1, -0.05) is 89.6 Å². The van der Waals surface area contributed by atoms with Crippen molar-refractivity contribution in [3.8, 4) is 0 Å². The van der Waals surface area contributed by atoms with Crippen molar-refractivity contribution in [2.45, 2.75) is 20.3 Å². The van der Waals surface area contributed by atoms with E-state index < -0.39 is 22.7 Å². The van der Waals surface area contributed by atoms with Gasteiger partial charge in [-0.3, -0.25) is 14.4 Å². The number of nitrogens with zero attached hydrogens (tertiary/aromatic N) is 1. The maximum absolute atomic E-state index is 14.4. The van der Waals surface area contributed by atoms with E-state index in [4.69, 9.17) is 0 Å². The van der Waals surface area contributed by atoms with Crippen LogP contribution in [0.15, 0.2) is 89.4 Å². The number of Topliss-reactive ketones (excluding diaryl/α,β-unsaturated/α-hetero) is 1. The Morgan fingerprint density at radius 2 is 1.34 bits per heavy atom. The monoisotopic (exact) mass is 525 g/mol. The molecule has 1 heterocycles. The van der Waals surface area contributed by atoms with Gasteiger partial charge < -0.3 is 0 Å². The third-order valence-electron chi connectivity index (χ3n) is 8.30. The van der Waals surface area contributed by atoms with Gasteiger partial charge in [0.15, 0.2) is 5.78 Å². The fourth-order valence-corrected chi connectivity index (χ4v) is 7.38. The van der Waals surface area contributed by atoms with Crippen LogP contribution >= 0.6 is 15.9 Å². The summed E-state index contributed by atoms with van der Waals surface area (Å²) in [6.07, 6.45) is 0.453. The highest BCUT2D eigenvalue weighted by atomic mass is 79.9. The molecule has 0 N–H and O–H groups in total. The molecule has 2 fully saturated rings. The maximum atomic E-state index is 14.4. The normalized spacial score (nSPS) is 29.3. The van der Waals surface area contributed by atoms with Gasteiger partial charge >= 0.3 is 0 Å². The molecule has 6 rings (SSSR count). The van der Waals surface area contributed by atoms with Crippen molar-refractivity contribution >= 4 is 50.4 Å². The Morgan fingerprint density at radius 3 is 1.91 bits per heavy atom. The van der Waals surface area contributed by atoms with E-state index in [1.165, 1.54) is 4.90 Å². The molecule has 0 spiro atoms. The zero-order chi connectivity index (χ0) is 24.5. The van der Waals surface area contributed by atoms with E-state index in [1.54, 1.807) is 12.1 Å². The average Bonchev–Trinajstić information content (AvgIpc) is 3.35. The van der Waals surface area contributed by atoms with E-state index in [0.29, 0.717) is 12.1 Å². The van der Waals surface area contributed by atoms with Crippen molar-refractivity contribution in [2.75, 3.05) is 4.90 Å². The van der Waals surface area contributed by atoms with Crippen LogP contribution in [0.1, 0.15) is 31.4 Å². The molecule has 1 aliphatic heterocycles. The molecular weight excluding hydrogens is 502 g/mol. The number of fused-ring (bicyclic) bond motifs is 5. The number of ketones is 1. The molecule has 0 unspecified atom stereocenters. The lowest BCUT2D eigenvalue weighted by Gasteiger charge is -2.37. The van der Waals surface area contributed by atoms with Crippen LogP contribution in [0.4, 0.5) is 5.69 Å². The van der Waals surface area contributed by atoms with Gasteiger partial charge in [-0.2, -0.15) is 0 Å². The molecule has 2 bridgehead atoms. The molecule has 174 valence electrons. The van der Waals surface area contributed by atoms with Crippen LogP contribution in [0.2, 0.25) is 0 Å². The highest BCUT2D eigenvalue weighted by molar-refractivity contribution is 9.10. The number of benzene rings is 3. The molecule has 0 aromatic heterocycles. The van der Waals surface area contributed by atoms with Crippen LogP contribution in [-0.2, 0) is 14.4 Å². The summed E-state index contributed by atoms with van der Waals surface area (Å²) in [6.45, 7) is 3.86. The zero-order valence-corrected chi connectivity index (χ0v) is 21.1. The van der Waals surface area contributed by atoms with Crippen LogP contribution in [0.5, 0.6) is 0 Å². The summed E-state index contributed by atoms with van der Waals surface area (Å²) >= 11 is 3.46. The summed E-state index contributed by atoms with van der Waals surface area (Å²) < 4.78 is 0.788. The lowest BCUT2D eigenvalue weighted by molar-refractivity contribution is -0.134. The summed E-state index contributed by atoms with van der Waals surface area (Å²) in [5, 5.41) is 0. The minimum atomic E-state index is -1.10. The zero-order valence-electron chi connectivity index (χ0n) is 19.5. The summed E-state index contributed by atoms with van der Waals surface area (Å²) in [4.78, 5) is 43.9. The van der Waals surface area contributed by atoms with Gasteiger partial charge in [0.25, 0.3) is 0 Å². The molecule has 4 atom stereocenters. The number of amides is 2. The number of halogens is 1.